The molecule has 1 unspecified atom stereocenters. The lowest BCUT2D eigenvalue weighted by molar-refractivity contribution is -0.116. The Balaban J connectivity index is 1.34. The summed E-state index contributed by atoms with van der Waals surface area (Å²) < 4.78 is 33.0. The Kier molecular flexibility index (Phi) is 6.06. The highest BCUT2D eigenvalue weighted by atomic mass is 32.2. The summed E-state index contributed by atoms with van der Waals surface area (Å²) in [5.74, 6) is -0.234. The van der Waals surface area contributed by atoms with Gasteiger partial charge in [-0.15, -0.1) is 0 Å². The topological polar surface area (TPSA) is 87.7 Å². The molecule has 1 atom stereocenters. The second-order valence-corrected chi connectivity index (χ2v) is 10.9. The first-order valence-electron chi connectivity index (χ1n) is 11.6. The molecule has 1 amide bonds. The zero-order chi connectivity index (χ0) is 23.9. The molecule has 0 saturated carbocycles. The third-order valence-electron chi connectivity index (χ3n) is 6.69. The Morgan fingerprint density at radius 2 is 1.76 bits per heavy atom. The third-order valence-corrected chi connectivity index (χ3v) is 8.73. The van der Waals surface area contributed by atoms with E-state index in [1.54, 1.807) is 32.0 Å². The minimum Gasteiger partial charge on any atom is -0.379 e. The van der Waals surface area contributed by atoms with E-state index in [0.29, 0.717) is 37.6 Å². The molecule has 8 heteroatoms. The summed E-state index contributed by atoms with van der Waals surface area (Å²) in [5.41, 5.74) is 4.72. The van der Waals surface area contributed by atoms with Crippen molar-refractivity contribution in [3.05, 3.63) is 65.2 Å². The van der Waals surface area contributed by atoms with E-state index in [-0.39, 0.29) is 10.8 Å². The van der Waals surface area contributed by atoms with E-state index in [4.69, 9.17) is 4.74 Å². The summed E-state index contributed by atoms with van der Waals surface area (Å²) in [4.78, 5) is 13.2. The number of nitrogens with one attached hydrogen (secondary N) is 2. The lowest BCUT2D eigenvalue weighted by Gasteiger charge is -2.27. The van der Waals surface area contributed by atoms with Crippen LogP contribution in [0.2, 0.25) is 0 Å². The van der Waals surface area contributed by atoms with Gasteiger partial charge in [0.05, 0.1) is 18.1 Å². The van der Waals surface area contributed by atoms with Crippen LogP contribution in [-0.4, -0.2) is 51.0 Å². The number of amides is 1. The monoisotopic (exact) mass is 479 g/mol. The molecule has 7 nitrogen and oxygen atoms in total. The average molecular weight is 480 g/mol. The fourth-order valence-electron chi connectivity index (χ4n) is 4.80. The van der Waals surface area contributed by atoms with E-state index in [2.05, 4.69) is 34.9 Å². The van der Waals surface area contributed by atoms with Crippen LogP contribution in [0.1, 0.15) is 23.6 Å². The zero-order valence-corrected chi connectivity index (χ0v) is 20.2. The Hall–Kier alpha value is -2.94. The molecule has 5 rings (SSSR count). The number of carbonyl (C=O) groups excluding carboxylic acids is 1. The predicted molar refractivity (Wildman–Crippen MR) is 134 cm³/mol. The van der Waals surface area contributed by atoms with Crippen molar-refractivity contribution < 1.29 is 17.9 Å². The number of hydrogen-bond acceptors (Lipinski definition) is 5. The molecular weight excluding hydrogens is 450 g/mol. The van der Waals surface area contributed by atoms with Gasteiger partial charge in [-0.1, -0.05) is 30.3 Å². The van der Waals surface area contributed by atoms with Gasteiger partial charge >= 0.3 is 0 Å². The number of aryl methyl sites for hydroxylation is 3. The largest absolute Gasteiger partial charge is 0.379 e. The normalized spacial score (nSPS) is 17.0. The first-order chi connectivity index (χ1) is 16.3. The Morgan fingerprint density at radius 1 is 1.03 bits per heavy atom. The first-order valence-corrected chi connectivity index (χ1v) is 13.1. The minimum absolute atomic E-state index is 0.209. The summed E-state index contributed by atoms with van der Waals surface area (Å²) in [6.07, 6.45) is 2.10. The third kappa shape index (κ3) is 4.17. The fraction of sp³-hybridized carbons (Fsp3) is 0.346. The van der Waals surface area contributed by atoms with Crippen molar-refractivity contribution >= 4 is 38.1 Å². The van der Waals surface area contributed by atoms with Crippen LogP contribution >= 0.6 is 0 Å². The van der Waals surface area contributed by atoms with Crippen LogP contribution in [0.4, 0.5) is 11.4 Å². The van der Waals surface area contributed by atoms with Crippen LogP contribution < -0.4 is 10.6 Å². The second-order valence-electron chi connectivity index (χ2n) is 8.96. The molecule has 2 aliphatic rings. The number of anilines is 2. The van der Waals surface area contributed by atoms with Crippen LogP contribution in [0.5, 0.6) is 0 Å². The van der Waals surface area contributed by atoms with Gasteiger partial charge in [-0.25, -0.2) is 8.42 Å². The molecule has 1 aliphatic carbocycles. The van der Waals surface area contributed by atoms with Gasteiger partial charge in [-0.3, -0.25) is 4.79 Å². The highest BCUT2D eigenvalue weighted by Crippen LogP contribution is 2.35. The van der Waals surface area contributed by atoms with Crippen molar-refractivity contribution in [1.29, 1.82) is 0 Å². The smallest absolute Gasteiger partial charge is 0.246 e. The maximum Gasteiger partial charge on any atom is 0.246 e. The number of ether oxygens (including phenoxy) is 1. The van der Waals surface area contributed by atoms with Crippen LogP contribution in [-0.2, 0) is 32.4 Å². The van der Waals surface area contributed by atoms with Crippen molar-refractivity contribution in [1.82, 2.24) is 4.31 Å². The Bertz CT molecular complexity index is 1350. The number of carbonyl (C=O) groups is 1. The molecule has 34 heavy (non-hydrogen) atoms. The van der Waals surface area contributed by atoms with Crippen molar-refractivity contribution in [3.63, 3.8) is 0 Å². The summed E-state index contributed by atoms with van der Waals surface area (Å²) in [6.45, 7) is 4.99. The Labute approximate surface area is 200 Å². The van der Waals surface area contributed by atoms with E-state index < -0.39 is 16.1 Å². The number of rotatable bonds is 6. The van der Waals surface area contributed by atoms with Crippen LogP contribution in [0.25, 0.3) is 10.8 Å². The SMILES string of the molecule is Cc1ccc(NC(=O)C(C)Nc2ccc3c4c(cccc24)CC3)cc1S(=O)(=O)N1CCOCC1. The van der Waals surface area contributed by atoms with Gasteiger partial charge in [0, 0.05) is 29.9 Å². The molecule has 1 aliphatic heterocycles. The molecule has 1 fully saturated rings. The molecule has 0 bridgehead atoms. The standard InChI is InChI=1S/C26H29N3O4S/c1-17-6-10-21(16-24(17)34(31,32)29-12-14-33-15-13-29)28-26(30)18(2)27-23-11-9-20-8-7-19-4-3-5-22(23)25(19)20/h3-6,9-11,16,18,27H,7-8,12-15H2,1-2H3,(H,28,30). The molecule has 1 saturated heterocycles. The van der Waals surface area contributed by atoms with Crippen LogP contribution in [0, 0.1) is 6.92 Å². The molecule has 2 N–H and O–H groups in total. The van der Waals surface area contributed by atoms with E-state index >= 15 is 0 Å². The summed E-state index contributed by atoms with van der Waals surface area (Å²) in [6, 6.07) is 15.0. The summed E-state index contributed by atoms with van der Waals surface area (Å²) in [7, 11) is -3.66. The highest BCUT2D eigenvalue weighted by molar-refractivity contribution is 7.89. The maximum atomic E-state index is 13.2. The predicted octanol–water partition coefficient (Wildman–Crippen LogP) is 3.71. The van der Waals surface area contributed by atoms with Crippen LogP contribution in [0.15, 0.2) is 53.4 Å². The molecule has 178 valence electrons. The van der Waals surface area contributed by atoms with Crippen molar-refractivity contribution in [2.75, 3.05) is 36.9 Å². The zero-order valence-electron chi connectivity index (χ0n) is 19.4. The van der Waals surface area contributed by atoms with Gasteiger partial charge in [-0.05, 0) is 67.0 Å². The van der Waals surface area contributed by atoms with E-state index in [9.17, 15) is 13.2 Å². The molecular formula is C26H29N3O4S. The number of sulfonamides is 1. The van der Waals surface area contributed by atoms with E-state index in [1.165, 1.54) is 20.8 Å². The summed E-state index contributed by atoms with van der Waals surface area (Å²) in [5, 5.41) is 8.64. The lowest BCUT2D eigenvalue weighted by atomic mass is 10.0. The lowest BCUT2D eigenvalue weighted by Crippen LogP contribution is -2.40. The summed E-state index contributed by atoms with van der Waals surface area (Å²) >= 11 is 0. The highest BCUT2D eigenvalue weighted by Gasteiger charge is 2.28. The van der Waals surface area contributed by atoms with Crippen molar-refractivity contribution in [2.45, 2.75) is 37.6 Å². The van der Waals surface area contributed by atoms with Crippen molar-refractivity contribution in [3.8, 4) is 0 Å². The number of hydrogen-bond donors (Lipinski definition) is 2. The van der Waals surface area contributed by atoms with Gasteiger partial charge in [0.1, 0.15) is 6.04 Å². The first kappa shape index (κ1) is 22.8. The van der Waals surface area contributed by atoms with Gasteiger partial charge in [0.25, 0.3) is 0 Å². The minimum atomic E-state index is -3.66. The van der Waals surface area contributed by atoms with Gasteiger partial charge in [0.15, 0.2) is 0 Å². The molecule has 0 spiro atoms. The molecule has 3 aromatic carbocycles. The van der Waals surface area contributed by atoms with E-state index in [0.717, 1.165) is 23.9 Å². The number of benzene rings is 3. The Morgan fingerprint density at radius 3 is 2.53 bits per heavy atom. The molecule has 3 aromatic rings. The van der Waals surface area contributed by atoms with Crippen LogP contribution in [0.3, 0.4) is 0 Å². The van der Waals surface area contributed by atoms with Gasteiger partial charge in [-0.2, -0.15) is 4.31 Å². The van der Waals surface area contributed by atoms with Gasteiger partial charge in [0.2, 0.25) is 15.9 Å². The fourth-order valence-corrected chi connectivity index (χ4v) is 6.46. The van der Waals surface area contributed by atoms with Crippen molar-refractivity contribution in [2.24, 2.45) is 0 Å². The second kappa shape index (κ2) is 9.02. The quantitative estimate of drug-likeness (QED) is 0.563. The number of morpholine rings is 1. The molecule has 1 heterocycles. The maximum absolute atomic E-state index is 13.2. The van der Waals surface area contributed by atoms with E-state index in [1.807, 2.05) is 6.07 Å². The molecule has 0 aromatic heterocycles. The number of nitrogens with zero attached hydrogens (tertiary/aromatic N) is 1. The average Bonchev–Trinajstić information content (AvgIpc) is 3.27. The van der Waals surface area contributed by atoms with Gasteiger partial charge < -0.3 is 15.4 Å². The molecule has 0 radical (unpaired) electrons.